The number of aromatic nitrogens is 6. The topological polar surface area (TPSA) is 278 Å². The lowest BCUT2D eigenvalue weighted by atomic mass is 10.1. The zero-order valence-corrected chi connectivity index (χ0v) is 30.2. The monoisotopic (exact) mass is 782 g/mol. The van der Waals surface area contributed by atoms with Crippen LogP contribution in [0.25, 0.3) is 45.6 Å². The van der Waals surface area contributed by atoms with E-state index in [1.54, 1.807) is 48.8 Å². The zero-order chi connectivity index (χ0) is 38.4. The maximum atomic E-state index is 12.2. The minimum Gasteiger partial charge on any atom is -0.319 e. The first-order valence-corrected chi connectivity index (χ1v) is 19.7. The van der Waals surface area contributed by atoms with Gasteiger partial charge in [0, 0.05) is 24.8 Å². The van der Waals surface area contributed by atoms with Crippen LogP contribution in [0.15, 0.2) is 104 Å². The smallest absolute Gasteiger partial charge is 0.319 e. The SMILES string of the molecule is Cc1ccnc(-c2cc(P(=O)(O)OO)cc(-c3cc(P(=O)(O)OO)ccn3)n2)c1.Cc1ccnc(-c2cc(P(=O)(O)OO)cc(-c3ccccn3)n2)c1. The highest BCUT2D eigenvalue weighted by Crippen LogP contribution is 2.43. The molecule has 6 N–H and O–H groups in total. The van der Waals surface area contributed by atoms with Crippen LogP contribution in [0.2, 0.25) is 0 Å². The standard InChI is InChI=1S/C16H15N3O8P2.C16H14N3O4P/c1-10-2-4-17-13(6-10)15-8-12(29(24,25)27-21)9-16(19-15)14-7-11(3-5-18-14)28(22,23)26-20;1-11-5-7-18-14(8-11)16-10-12(24(21,22)23-20)9-15(19-16)13-4-2-3-6-17-13/h2-9,20-21H,1H3,(H,22,23)(H,24,25);2-10,20H,1H3,(H,21,22). The molecule has 21 heteroatoms. The van der Waals surface area contributed by atoms with Crippen LogP contribution in [0.5, 0.6) is 0 Å². The van der Waals surface area contributed by atoms with Crippen molar-refractivity contribution < 1.29 is 58.2 Å². The van der Waals surface area contributed by atoms with Crippen LogP contribution < -0.4 is 15.9 Å². The highest BCUT2D eigenvalue weighted by molar-refractivity contribution is 7.61. The molecule has 0 aromatic carbocycles. The van der Waals surface area contributed by atoms with Gasteiger partial charge in [-0.3, -0.25) is 33.6 Å². The van der Waals surface area contributed by atoms with Crippen molar-refractivity contribution in [1.82, 2.24) is 29.9 Å². The fraction of sp³-hybridized carbons (Fsp3) is 0.0625. The Balaban J connectivity index is 0.000000208. The third-order valence-corrected chi connectivity index (χ3v) is 10.6. The average Bonchev–Trinajstić information content (AvgIpc) is 3.18. The molecule has 274 valence electrons. The van der Waals surface area contributed by atoms with E-state index in [0.29, 0.717) is 28.5 Å². The fourth-order valence-electron chi connectivity index (χ4n) is 4.63. The van der Waals surface area contributed by atoms with E-state index in [-0.39, 0.29) is 33.0 Å². The average molecular weight is 783 g/mol. The summed E-state index contributed by atoms with van der Waals surface area (Å²) in [6.45, 7) is 3.73. The molecule has 0 saturated heterocycles. The molecule has 0 fully saturated rings. The number of nitrogens with zero attached hydrogens (tertiary/aromatic N) is 6. The Kier molecular flexibility index (Phi) is 12.3. The van der Waals surface area contributed by atoms with E-state index in [4.69, 9.17) is 15.8 Å². The number of pyridine rings is 6. The minimum absolute atomic E-state index is 0.0203. The van der Waals surface area contributed by atoms with Gasteiger partial charge in [0.2, 0.25) is 0 Å². The molecule has 0 saturated carbocycles. The summed E-state index contributed by atoms with van der Waals surface area (Å²) in [5, 5.41) is 25.5. The molecular formula is C32H29N6O12P3. The number of aryl methyl sites for hydroxylation is 2. The fourth-order valence-corrected chi connectivity index (χ4v) is 6.59. The Labute approximate surface area is 300 Å². The van der Waals surface area contributed by atoms with Gasteiger partial charge in [0.1, 0.15) is 0 Å². The normalized spacial score (nSPS) is 14.6. The summed E-state index contributed by atoms with van der Waals surface area (Å²) < 4.78 is 47.2. The van der Waals surface area contributed by atoms with Gasteiger partial charge in [0.15, 0.2) is 0 Å². The number of rotatable bonds is 10. The number of hydrogen-bond acceptors (Lipinski definition) is 15. The van der Waals surface area contributed by atoms with E-state index in [0.717, 1.165) is 29.3 Å². The van der Waals surface area contributed by atoms with E-state index in [9.17, 15) is 28.4 Å². The molecule has 0 amide bonds. The summed E-state index contributed by atoms with van der Waals surface area (Å²) in [5.41, 5.74) is 4.22. The molecule has 3 unspecified atom stereocenters. The Morgan fingerprint density at radius 1 is 0.434 bits per heavy atom. The highest BCUT2D eigenvalue weighted by atomic mass is 31.2. The number of hydrogen-bond donors (Lipinski definition) is 6. The Bertz CT molecular complexity index is 2410. The molecule has 0 aliphatic carbocycles. The lowest BCUT2D eigenvalue weighted by Crippen LogP contribution is -2.11. The van der Waals surface area contributed by atoms with Gasteiger partial charge in [-0.25, -0.2) is 25.7 Å². The van der Waals surface area contributed by atoms with Gasteiger partial charge < -0.3 is 14.7 Å². The second-order valence-corrected chi connectivity index (χ2v) is 16.2. The summed E-state index contributed by atoms with van der Waals surface area (Å²) in [4.78, 5) is 54.8. The van der Waals surface area contributed by atoms with Crippen molar-refractivity contribution in [3.63, 3.8) is 0 Å². The lowest BCUT2D eigenvalue weighted by Gasteiger charge is -2.12. The Morgan fingerprint density at radius 2 is 0.792 bits per heavy atom. The van der Waals surface area contributed by atoms with Gasteiger partial charge in [-0.05, 0) is 97.8 Å². The molecular weight excluding hydrogens is 753 g/mol. The van der Waals surface area contributed by atoms with Crippen molar-refractivity contribution in [2.24, 2.45) is 0 Å². The van der Waals surface area contributed by atoms with E-state index in [2.05, 4.69) is 43.9 Å². The molecule has 0 radical (unpaired) electrons. The molecule has 6 aromatic heterocycles. The molecule has 0 aliphatic rings. The molecule has 6 aromatic rings. The quantitative estimate of drug-likeness (QED) is 0.0610. The van der Waals surface area contributed by atoms with E-state index in [1.165, 1.54) is 30.6 Å². The summed E-state index contributed by atoms with van der Waals surface area (Å²) in [6.07, 6.45) is 5.92. The van der Waals surface area contributed by atoms with Crippen molar-refractivity contribution in [1.29, 1.82) is 0 Å². The molecule has 0 bridgehead atoms. The van der Waals surface area contributed by atoms with Crippen LogP contribution in [0.3, 0.4) is 0 Å². The Hall–Kier alpha value is -4.77. The summed E-state index contributed by atoms with van der Waals surface area (Å²) in [7, 11) is -13.5. The van der Waals surface area contributed by atoms with Crippen LogP contribution in [0.4, 0.5) is 0 Å². The third kappa shape index (κ3) is 9.62. The van der Waals surface area contributed by atoms with Gasteiger partial charge in [0.05, 0.1) is 61.5 Å². The highest BCUT2D eigenvalue weighted by Gasteiger charge is 2.28. The van der Waals surface area contributed by atoms with Gasteiger partial charge in [-0.15, -0.1) is 14.0 Å². The van der Waals surface area contributed by atoms with Gasteiger partial charge in [-0.1, -0.05) is 6.07 Å². The maximum absolute atomic E-state index is 12.2. The molecule has 0 spiro atoms. The van der Waals surface area contributed by atoms with Crippen molar-refractivity contribution in [3.05, 3.63) is 115 Å². The van der Waals surface area contributed by atoms with Crippen molar-refractivity contribution in [2.75, 3.05) is 0 Å². The predicted octanol–water partition coefficient (Wildman–Crippen LogP) is 4.93. The summed E-state index contributed by atoms with van der Waals surface area (Å²) >= 11 is 0. The maximum Gasteiger partial charge on any atom is 0.385 e. The summed E-state index contributed by atoms with van der Waals surface area (Å²) in [6, 6.07) is 19.7. The molecule has 53 heavy (non-hydrogen) atoms. The molecule has 0 aliphatic heterocycles. The van der Waals surface area contributed by atoms with Crippen molar-refractivity contribution in [3.8, 4) is 45.6 Å². The first kappa shape index (κ1) is 39.4. The zero-order valence-electron chi connectivity index (χ0n) is 27.5. The molecule has 6 heterocycles. The second-order valence-electron chi connectivity index (χ2n) is 11.0. The van der Waals surface area contributed by atoms with Gasteiger partial charge in [0.25, 0.3) is 0 Å². The van der Waals surface area contributed by atoms with Crippen molar-refractivity contribution in [2.45, 2.75) is 13.8 Å². The predicted molar refractivity (Wildman–Crippen MR) is 190 cm³/mol. The van der Waals surface area contributed by atoms with Crippen LogP contribution in [0, 0.1) is 13.8 Å². The largest absolute Gasteiger partial charge is 0.385 e. The lowest BCUT2D eigenvalue weighted by molar-refractivity contribution is -0.143. The van der Waals surface area contributed by atoms with Gasteiger partial charge >= 0.3 is 22.8 Å². The van der Waals surface area contributed by atoms with E-state index < -0.39 is 22.8 Å². The Morgan fingerprint density at radius 3 is 1.19 bits per heavy atom. The minimum atomic E-state index is -4.59. The van der Waals surface area contributed by atoms with E-state index in [1.807, 2.05) is 19.9 Å². The first-order valence-electron chi connectivity index (χ1n) is 14.9. The van der Waals surface area contributed by atoms with Crippen LogP contribution >= 0.6 is 22.8 Å². The van der Waals surface area contributed by atoms with Crippen LogP contribution in [0.1, 0.15) is 11.1 Å². The molecule has 3 atom stereocenters. The summed E-state index contributed by atoms with van der Waals surface area (Å²) in [5.74, 6) is 0. The van der Waals surface area contributed by atoms with Crippen molar-refractivity contribution >= 4 is 38.7 Å². The molecule has 18 nitrogen and oxygen atoms in total. The van der Waals surface area contributed by atoms with Crippen LogP contribution in [-0.2, 0) is 27.7 Å². The second kappa shape index (κ2) is 16.5. The van der Waals surface area contributed by atoms with Gasteiger partial charge in [-0.2, -0.15) is 0 Å². The van der Waals surface area contributed by atoms with Crippen LogP contribution in [-0.4, -0.2) is 60.4 Å². The third-order valence-electron chi connectivity index (χ3n) is 7.22. The first-order chi connectivity index (χ1) is 25.2. The van der Waals surface area contributed by atoms with E-state index >= 15 is 0 Å². The molecule has 6 rings (SSSR count).